The van der Waals surface area contributed by atoms with Gasteiger partial charge in [-0.2, -0.15) is 0 Å². The van der Waals surface area contributed by atoms with Crippen molar-refractivity contribution in [3.05, 3.63) is 24.2 Å². The molecule has 3 rings (SSSR count). The van der Waals surface area contributed by atoms with Crippen molar-refractivity contribution in [3.63, 3.8) is 0 Å². The summed E-state index contributed by atoms with van der Waals surface area (Å²) in [5.74, 6) is 2.52. The van der Waals surface area contributed by atoms with Gasteiger partial charge < -0.3 is 28.8 Å². The largest absolute Gasteiger partial charge is 0.469 e. The fourth-order valence-electron chi connectivity index (χ4n) is 3.55. The third-order valence-corrected chi connectivity index (χ3v) is 5.07. The number of aliphatic imine (C=N–C) groups is 1. The molecule has 0 amide bonds. The van der Waals surface area contributed by atoms with Crippen molar-refractivity contribution in [2.45, 2.75) is 31.8 Å². The van der Waals surface area contributed by atoms with Gasteiger partial charge in [0.25, 0.3) is 0 Å². The van der Waals surface area contributed by atoms with Crippen molar-refractivity contribution in [3.8, 4) is 0 Å². The molecule has 0 bridgehead atoms. The first-order chi connectivity index (χ1) is 13.3. The van der Waals surface area contributed by atoms with Gasteiger partial charge in [-0.1, -0.05) is 0 Å². The van der Waals surface area contributed by atoms with Crippen LogP contribution in [0.25, 0.3) is 0 Å². The smallest absolute Gasteiger partial charge is 0.194 e. The molecule has 7 nitrogen and oxygen atoms in total. The molecule has 2 atom stereocenters. The van der Waals surface area contributed by atoms with E-state index in [1.165, 1.54) is 0 Å². The van der Waals surface area contributed by atoms with Crippen LogP contribution in [0.2, 0.25) is 0 Å². The molecule has 27 heavy (non-hydrogen) atoms. The number of nitrogens with zero attached hydrogens (tertiary/aromatic N) is 2. The number of nitrogens with one attached hydrogen (secondary N) is 1. The van der Waals surface area contributed by atoms with Gasteiger partial charge in [-0.05, 0) is 31.4 Å². The molecule has 1 aromatic rings. The lowest BCUT2D eigenvalue weighted by atomic mass is 10.1. The Morgan fingerprint density at radius 3 is 3.11 bits per heavy atom. The third-order valence-electron chi connectivity index (χ3n) is 5.07. The Balaban J connectivity index is 1.48. The highest BCUT2D eigenvalue weighted by Gasteiger charge is 2.25. The number of likely N-dealkylation sites (tertiary alicyclic amines) is 1. The van der Waals surface area contributed by atoms with Gasteiger partial charge in [-0.3, -0.25) is 4.99 Å². The zero-order valence-electron chi connectivity index (χ0n) is 16.4. The van der Waals surface area contributed by atoms with E-state index in [1.807, 2.05) is 12.1 Å². The number of hydrogen-bond acceptors (Lipinski definition) is 5. The lowest BCUT2D eigenvalue weighted by Crippen LogP contribution is -2.41. The Morgan fingerprint density at radius 2 is 2.33 bits per heavy atom. The van der Waals surface area contributed by atoms with Gasteiger partial charge in [0.1, 0.15) is 5.76 Å². The summed E-state index contributed by atoms with van der Waals surface area (Å²) in [5.41, 5.74) is 0. The van der Waals surface area contributed by atoms with Crippen molar-refractivity contribution >= 4 is 5.96 Å². The van der Waals surface area contributed by atoms with Gasteiger partial charge >= 0.3 is 0 Å². The van der Waals surface area contributed by atoms with Crippen LogP contribution in [-0.2, 0) is 20.6 Å². The van der Waals surface area contributed by atoms with Gasteiger partial charge in [-0.15, -0.1) is 0 Å². The summed E-state index contributed by atoms with van der Waals surface area (Å²) in [6, 6.07) is 3.94. The highest BCUT2D eigenvalue weighted by Crippen LogP contribution is 2.18. The predicted molar refractivity (Wildman–Crippen MR) is 104 cm³/mol. The van der Waals surface area contributed by atoms with Gasteiger partial charge in [0, 0.05) is 45.7 Å². The van der Waals surface area contributed by atoms with Gasteiger partial charge in [0.05, 0.1) is 38.7 Å². The molecular weight excluding hydrogens is 346 g/mol. The Labute approximate surface area is 162 Å². The maximum absolute atomic E-state index is 5.73. The lowest BCUT2D eigenvalue weighted by molar-refractivity contribution is 0.0536. The SMILES string of the molecule is COCCOCC1CCN(C(=NCC2CCCO2)NCCc2ccco2)C1. The Morgan fingerprint density at radius 1 is 1.37 bits per heavy atom. The second-order valence-electron chi connectivity index (χ2n) is 7.22. The van der Waals surface area contributed by atoms with Crippen LogP contribution in [0.3, 0.4) is 0 Å². The van der Waals surface area contributed by atoms with E-state index >= 15 is 0 Å². The molecule has 2 aliphatic rings. The highest BCUT2D eigenvalue weighted by atomic mass is 16.5. The second-order valence-corrected chi connectivity index (χ2v) is 7.22. The molecule has 0 spiro atoms. The molecule has 2 saturated heterocycles. The minimum absolute atomic E-state index is 0.266. The fraction of sp³-hybridized carbons (Fsp3) is 0.750. The van der Waals surface area contributed by atoms with E-state index in [0.717, 1.165) is 76.8 Å². The van der Waals surface area contributed by atoms with Gasteiger partial charge in [-0.25, -0.2) is 0 Å². The van der Waals surface area contributed by atoms with E-state index in [9.17, 15) is 0 Å². The molecule has 0 aliphatic carbocycles. The van der Waals surface area contributed by atoms with Gasteiger partial charge in [0.2, 0.25) is 0 Å². The monoisotopic (exact) mass is 379 g/mol. The molecular formula is C20H33N3O4. The zero-order chi connectivity index (χ0) is 18.7. The number of hydrogen-bond donors (Lipinski definition) is 1. The van der Waals surface area contributed by atoms with Crippen LogP contribution in [0.1, 0.15) is 25.0 Å². The van der Waals surface area contributed by atoms with Crippen LogP contribution in [0.4, 0.5) is 0 Å². The third kappa shape index (κ3) is 6.83. The molecule has 0 radical (unpaired) electrons. The molecule has 2 fully saturated rings. The Kier molecular flexibility index (Phi) is 8.45. The van der Waals surface area contributed by atoms with Crippen molar-refractivity contribution in [1.29, 1.82) is 0 Å². The van der Waals surface area contributed by atoms with E-state index < -0.39 is 0 Å². The minimum Gasteiger partial charge on any atom is -0.469 e. The average molecular weight is 380 g/mol. The summed E-state index contributed by atoms with van der Waals surface area (Å²) in [4.78, 5) is 7.21. The number of furan rings is 1. The maximum Gasteiger partial charge on any atom is 0.194 e. The molecule has 7 heteroatoms. The van der Waals surface area contributed by atoms with Crippen LogP contribution in [0.15, 0.2) is 27.8 Å². The van der Waals surface area contributed by atoms with Crippen molar-refractivity contribution < 1.29 is 18.6 Å². The van der Waals surface area contributed by atoms with Crippen LogP contribution in [0, 0.1) is 5.92 Å². The first-order valence-electron chi connectivity index (χ1n) is 10.1. The summed E-state index contributed by atoms with van der Waals surface area (Å²) in [7, 11) is 1.70. The summed E-state index contributed by atoms with van der Waals surface area (Å²) in [6.07, 6.45) is 6.22. The molecule has 1 N–H and O–H groups in total. The molecule has 2 unspecified atom stereocenters. The van der Waals surface area contributed by atoms with Gasteiger partial charge in [0.15, 0.2) is 5.96 Å². The molecule has 3 heterocycles. The average Bonchev–Trinajstić information content (AvgIpc) is 3.44. The van der Waals surface area contributed by atoms with E-state index in [4.69, 9.17) is 23.6 Å². The van der Waals surface area contributed by atoms with E-state index in [-0.39, 0.29) is 6.10 Å². The van der Waals surface area contributed by atoms with Crippen LogP contribution < -0.4 is 5.32 Å². The zero-order valence-corrected chi connectivity index (χ0v) is 16.4. The molecule has 0 aromatic carbocycles. The first-order valence-corrected chi connectivity index (χ1v) is 10.1. The summed E-state index contributed by atoms with van der Waals surface area (Å²) in [5, 5.41) is 3.52. The Hall–Kier alpha value is -1.57. The van der Waals surface area contributed by atoms with Crippen LogP contribution >= 0.6 is 0 Å². The van der Waals surface area contributed by atoms with Crippen LogP contribution in [0.5, 0.6) is 0 Å². The number of rotatable bonds is 10. The molecule has 0 saturated carbocycles. The van der Waals surface area contributed by atoms with Crippen LogP contribution in [-0.4, -0.2) is 76.7 Å². The standard InChI is InChI=1S/C20H33N3O4/c1-24-12-13-25-16-17-7-9-23(15-17)20(22-14-19-5-3-11-27-19)21-8-6-18-4-2-10-26-18/h2,4,10,17,19H,3,5-9,11-16H2,1H3,(H,21,22). The molecule has 152 valence electrons. The molecule has 1 aromatic heterocycles. The molecule has 2 aliphatic heterocycles. The summed E-state index contributed by atoms with van der Waals surface area (Å²) >= 11 is 0. The topological polar surface area (TPSA) is 68.5 Å². The highest BCUT2D eigenvalue weighted by molar-refractivity contribution is 5.80. The van der Waals surface area contributed by atoms with E-state index in [1.54, 1.807) is 13.4 Å². The quantitative estimate of drug-likeness (QED) is 0.381. The fourth-order valence-corrected chi connectivity index (χ4v) is 3.55. The van der Waals surface area contributed by atoms with Crippen molar-refractivity contribution in [2.75, 3.05) is 59.7 Å². The minimum atomic E-state index is 0.266. The predicted octanol–water partition coefficient (Wildman–Crippen LogP) is 1.93. The van der Waals surface area contributed by atoms with Crippen molar-refractivity contribution in [1.82, 2.24) is 10.2 Å². The number of ether oxygens (including phenoxy) is 3. The number of methoxy groups -OCH3 is 1. The van der Waals surface area contributed by atoms with Crippen molar-refractivity contribution in [2.24, 2.45) is 10.9 Å². The normalized spacial score (nSPS) is 23.3. The van der Waals surface area contributed by atoms with E-state index in [2.05, 4.69) is 10.2 Å². The summed E-state index contributed by atoms with van der Waals surface area (Å²) < 4.78 is 21.9. The van der Waals surface area contributed by atoms with E-state index in [0.29, 0.717) is 19.1 Å². The lowest BCUT2D eigenvalue weighted by Gasteiger charge is -2.23. The number of guanidine groups is 1. The summed E-state index contributed by atoms with van der Waals surface area (Å²) in [6.45, 7) is 6.49. The maximum atomic E-state index is 5.73. The first kappa shape index (κ1) is 20.2. The second kappa shape index (κ2) is 11.3. The Bertz CT molecular complexity index is 543.